The van der Waals surface area contributed by atoms with E-state index in [0.717, 1.165) is 65.3 Å². The predicted molar refractivity (Wildman–Crippen MR) is 105 cm³/mol. The van der Waals surface area contributed by atoms with Gasteiger partial charge in [0, 0.05) is 45.3 Å². The Labute approximate surface area is 163 Å². The Morgan fingerprint density at radius 2 is 1.37 bits per heavy atom. The smallest absolute Gasteiger partial charge is 0.236 e. The largest absolute Gasteiger partial charge is 0.379 e. The lowest BCUT2D eigenvalue weighted by atomic mass is 9.97. The molecule has 3 fully saturated rings. The summed E-state index contributed by atoms with van der Waals surface area (Å²) in [5.41, 5.74) is 0. The van der Waals surface area contributed by atoms with Crippen LogP contribution < -0.4 is 5.32 Å². The summed E-state index contributed by atoms with van der Waals surface area (Å²) in [5.74, 6) is 0.351. The fourth-order valence-electron chi connectivity index (χ4n) is 4.28. The van der Waals surface area contributed by atoms with Crippen LogP contribution in [-0.2, 0) is 14.3 Å². The molecule has 0 aromatic carbocycles. The maximum absolute atomic E-state index is 12.5. The maximum atomic E-state index is 12.5. The quantitative estimate of drug-likeness (QED) is 0.760. The Hall–Kier alpha value is -1.18. The van der Waals surface area contributed by atoms with Gasteiger partial charge in [-0.25, -0.2) is 0 Å². The molecular formula is C20H36N4O3. The minimum absolute atomic E-state index is 0.147. The van der Waals surface area contributed by atoms with Crippen molar-refractivity contribution >= 4 is 11.8 Å². The van der Waals surface area contributed by atoms with Gasteiger partial charge in [0.15, 0.2) is 0 Å². The summed E-state index contributed by atoms with van der Waals surface area (Å²) >= 11 is 0. The molecule has 0 bridgehead atoms. The first-order valence-electron chi connectivity index (χ1n) is 10.8. The van der Waals surface area contributed by atoms with Gasteiger partial charge in [-0.1, -0.05) is 32.1 Å². The highest BCUT2D eigenvalue weighted by Crippen LogP contribution is 2.17. The van der Waals surface area contributed by atoms with Gasteiger partial charge in [-0.2, -0.15) is 0 Å². The number of nitrogens with one attached hydrogen (secondary N) is 1. The van der Waals surface area contributed by atoms with Gasteiger partial charge in [0.2, 0.25) is 11.8 Å². The van der Waals surface area contributed by atoms with E-state index in [4.69, 9.17) is 4.74 Å². The van der Waals surface area contributed by atoms with Crippen molar-refractivity contribution < 1.29 is 14.3 Å². The van der Waals surface area contributed by atoms with Crippen molar-refractivity contribution in [3.05, 3.63) is 0 Å². The molecule has 27 heavy (non-hydrogen) atoms. The number of morpholine rings is 1. The third-order valence-corrected chi connectivity index (χ3v) is 6.03. The first kappa shape index (κ1) is 20.6. The van der Waals surface area contributed by atoms with Crippen LogP contribution in [0.1, 0.15) is 44.9 Å². The van der Waals surface area contributed by atoms with Crippen molar-refractivity contribution in [1.82, 2.24) is 20.0 Å². The zero-order valence-corrected chi connectivity index (χ0v) is 16.7. The molecule has 0 aromatic heterocycles. The van der Waals surface area contributed by atoms with Crippen LogP contribution in [0.15, 0.2) is 0 Å². The molecular weight excluding hydrogens is 344 g/mol. The number of ether oxygens (including phenoxy) is 1. The van der Waals surface area contributed by atoms with Gasteiger partial charge in [-0.15, -0.1) is 0 Å². The van der Waals surface area contributed by atoms with Gasteiger partial charge in [-0.3, -0.25) is 19.4 Å². The van der Waals surface area contributed by atoms with Gasteiger partial charge >= 0.3 is 0 Å². The number of carbonyl (C=O) groups excluding carboxylic acids is 2. The van der Waals surface area contributed by atoms with Gasteiger partial charge in [0.05, 0.1) is 26.3 Å². The second kappa shape index (κ2) is 11.0. The number of carbonyl (C=O) groups is 2. The standard InChI is InChI=1S/C20H36N4O3/c25-19(21-18-6-4-2-1-3-5-7-18)16-22-8-10-24(11-9-22)20(26)17-23-12-14-27-15-13-23/h18H,1-17H2,(H,21,25). The summed E-state index contributed by atoms with van der Waals surface area (Å²) in [6, 6.07) is 0.356. The topological polar surface area (TPSA) is 65.1 Å². The number of hydrogen-bond donors (Lipinski definition) is 1. The molecule has 0 unspecified atom stereocenters. The van der Waals surface area contributed by atoms with Crippen LogP contribution in [0.2, 0.25) is 0 Å². The molecule has 154 valence electrons. The van der Waals surface area contributed by atoms with E-state index >= 15 is 0 Å². The van der Waals surface area contributed by atoms with Crippen LogP contribution in [0.5, 0.6) is 0 Å². The fraction of sp³-hybridized carbons (Fsp3) is 0.900. The highest BCUT2D eigenvalue weighted by molar-refractivity contribution is 5.79. The lowest BCUT2D eigenvalue weighted by Gasteiger charge is -2.36. The molecule has 3 aliphatic rings. The van der Waals surface area contributed by atoms with E-state index in [1.165, 1.54) is 32.1 Å². The Morgan fingerprint density at radius 3 is 2.04 bits per heavy atom. The third kappa shape index (κ3) is 7.05. The molecule has 2 heterocycles. The van der Waals surface area contributed by atoms with E-state index in [2.05, 4.69) is 15.1 Å². The molecule has 0 aromatic rings. The minimum Gasteiger partial charge on any atom is -0.379 e. The molecule has 7 heteroatoms. The van der Waals surface area contributed by atoms with Gasteiger partial charge in [-0.05, 0) is 12.8 Å². The lowest BCUT2D eigenvalue weighted by Crippen LogP contribution is -2.54. The van der Waals surface area contributed by atoms with Crippen molar-refractivity contribution in [2.75, 3.05) is 65.6 Å². The van der Waals surface area contributed by atoms with E-state index in [-0.39, 0.29) is 11.8 Å². The maximum Gasteiger partial charge on any atom is 0.236 e. The Kier molecular flexibility index (Phi) is 8.35. The molecule has 2 aliphatic heterocycles. The van der Waals surface area contributed by atoms with Crippen LogP contribution in [0.4, 0.5) is 0 Å². The fourth-order valence-corrected chi connectivity index (χ4v) is 4.28. The van der Waals surface area contributed by atoms with Crippen LogP contribution in [0, 0.1) is 0 Å². The number of rotatable bonds is 5. The molecule has 7 nitrogen and oxygen atoms in total. The van der Waals surface area contributed by atoms with Gasteiger partial charge in [0.25, 0.3) is 0 Å². The zero-order chi connectivity index (χ0) is 18.9. The predicted octanol–water partition coefficient (Wildman–Crippen LogP) is 0.692. The SMILES string of the molecule is O=C(CN1CCN(C(=O)CN2CCOCC2)CC1)NC1CCCCCCC1. The summed E-state index contributed by atoms with van der Waals surface area (Å²) in [4.78, 5) is 31.2. The molecule has 1 saturated carbocycles. The van der Waals surface area contributed by atoms with Crippen molar-refractivity contribution in [3.63, 3.8) is 0 Å². The third-order valence-electron chi connectivity index (χ3n) is 6.03. The first-order chi connectivity index (χ1) is 13.2. The monoisotopic (exact) mass is 380 g/mol. The summed E-state index contributed by atoms with van der Waals surface area (Å²) in [5, 5.41) is 3.24. The number of piperazine rings is 1. The van der Waals surface area contributed by atoms with Crippen LogP contribution in [0.3, 0.4) is 0 Å². The highest BCUT2D eigenvalue weighted by Gasteiger charge is 2.25. The van der Waals surface area contributed by atoms with Crippen molar-refractivity contribution in [3.8, 4) is 0 Å². The molecule has 0 radical (unpaired) electrons. The molecule has 1 N–H and O–H groups in total. The lowest BCUT2D eigenvalue weighted by molar-refractivity contribution is -0.135. The Balaban J connectivity index is 1.33. The Morgan fingerprint density at radius 1 is 0.778 bits per heavy atom. The number of nitrogens with zero attached hydrogens (tertiary/aromatic N) is 3. The van der Waals surface area contributed by atoms with Crippen molar-refractivity contribution in [2.45, 2.75) is 51.0 Å². The second-order valence-corrected chi connectivity index (χ2v) is 8.16. The molecule has 0 atom stereocenters. The summed E-state index contributed by atoms with van der Waals surface area (Å²) < 4.78 is 5.33. The Bertz CT molecular complexity index is 466. The van der Waals surface area contributed by atoms with Gasteiger partial charge < -0.3 is 15.0 Å². The van der Waals surface area contributed by atoms with E-state index in [1.54, 1.807) is 0 Å². The average Bonchev–Trinajstić information content (AvgIpc) is 2.65. The van der Waals surface area contributed by atoms with Crippen LogP contribution in [0.25, 0.3) is 0 Å². The molecule has 3 rings (SSSR count). The van der Waals surface area contributed by atoms with Crippen molar-refractivity contribution in [2.24, 2.45) is 0 Å². The average molecular weight is 381 g/mol. The van der Waals surface area contributed by atoms with Gasteiger partial charge in [0.1, 0.15) is 0 Å². The molecule has 1 aliphatic carbocycles. The van der Waals surface area contributed by atoms with E-state index < -0.39 is 0 Å². The summed E-state index contributed by atoms with van der Waals surface area (Å²) in [7, 11) is 0. The van der Waals surface area contributed by atoms with E-state index in [0.29, 0.717) is 19.1 Å². The number of amides is 2. The molecule has 2 saturated heterocycles. The first-order valence-corrected chi connectivity index (χ1v) is 10.8. The highest BCUT2D eigenvalue weighted by atomic mass is 16.5. The minimum atomic E-state index is 0.147. The van der Waals surface area contributed by atoms with E-state index in [9.17, 15) is 9.59 Å². The normalized spacial score (nSPS) is 24.2. The van der Waals surface area contributed by atoms with E-state index in [1.807, 2.05) is 4.90 Å². The zero-order valence-electron chi connectivity index (χ0n) is 16.7. The van der Waals surface area contributed by atoms with Crippen molar-refractivity contribution in [1.29, 1.82) is 0 Å². The summed E-state index contributed by atoms with van der Waals surface area (Å²) in [6.45, 7) is 7.08. The second-order valence-electron chi connectivity index (χ2n) is 8.16. The van der Waals surface area contributed by atoms with Crippen LogP contribution >= 0.6 is 0 Å². The molecule has 2 amide bonds. The molecule has 0 spiro atoms. The van der Waals surface area contributed by atoms with Crippen LogP contribution in [-0.4, -0.2) is 98.1 Å². The summed E-state index contributed by atoms with van der Waals surface area (Å²) in [6.07, 6.45) is 8.64. The number of hydrogen-bond acceptors (Lipinski definition) is 5.